The zero-order valence-corrected chi connectivity index (χ0v) is 17.9. The molecule has 1 aliphatic rings. The quantitative estimate of drug-likeness (QED) is 0.345. The average Bonchev–Trinajstić information content (AvgIpc) is 3.22. The van der Waals surface area contributed by atoms with Gasteiger partial charge in [0, 0.05) is 29.6 Å². The fourth-order valence-electron chi connectivity index (χ4n) is 2.64. The zero-order chi connectivity index (χ0) is 18.6. The van der Waals surface area contributed by atoms with Gasteiger partial charge in [-0.2, -0.15) is 0 Å². The van der Waals surface area contributed by atoms with Crippen molar-refractivity contribution >= 4 is 35.8 Å². The van der Waals surface area contributed by atoms with Crippen molar-refractivity contribution < 1.29 is 13.6 Å². The number of benzene rings is 1. The molecule has 1 amide bonds. The molecule has 3 N–H and O–H groups in total. The molecule has 0 radical (unpaired) electrons. The van der Waals surface area contributed by atoms with Crippen LogP contribution < -0.4 is 16.0 Å². The van der Waals surface area contributed by atoms with E-state index in [0.717, 1.165) is 0 Å². The molecule has 2 rings (SSSR count). The van der Waals surface area contributed by atoms with Gasteiger partial charge in [0.25, 0.3) is 0 Å². The summed E-state index contributed by atoms with van der Waals surface area (Å²) in [6.07, 6.45) is 0.621. The van der Waals surface area contributed by atoms with E-state index in [-0.39, 0.29) is 59.5 Å². The summed E-state index contributed by atoms with van der Waals surface area (Å²) in [6.45, 7) is 8.21. The van der Waals surface area contributed by atoms with E-state index in [1.807, 2.05) is 27.7 Å². The second-order valence-corrected chi connectivity index (χ2v) is 7.22. The molecule has 8 heteroatoms. The fourth-order valence-corrected chi connectivity index (χ4v) is 2.64. The van der Waals surface area contributed by atoms with Crippen LogP contribution in [0.1, 0.15) is 45.6 Å². The topological polar surface area (TPSA) is 65.5 Å². The van der Waals surface area contributed by atoms with E-state index in [0.29, 0.717) is 18.9 Å². The smallest absolute Gasteiger partial charge is 0.242 e. The van der Waals surface area contributed by atoms with Crippen molar-refractivity contribution in [2.24, 2.45) is 4.99 Å². The predicted molar refractivity (Wildman–Crippen MR) is 110 cm³/mol. The maximum atomic E-state index is 13.8. The Kier molecular flexibility index (Phi) is 8.23. The highest BCUT2D eigenvalue weighted by atomic mass is 127. The minimum absolute atomic E-state index is 0. The number of nitrogens with one attached hydrogen (secondary N) is 3. The molecule has 0 spiro atoms. The van der Waals surface area contributed by atoms with Gasteiger partial charge in [0.15, 0.2) is 5.96 Å². The molecule has 0 aromatic heterocycles. The van der Waals surface area contributed by atoms with Crippen LogP contribution in [-0.4, -0.2) is 36.5 Å². The third-order valence-electron chi connectivity index (χ3n) is 3.72. The molecule has 0 saturated heterocycles. The van der Waals surface area contributed by atoms with Crippen LogP contribution in [0.5, 0.6) is 0 Å². The van der Waals surface area contributed by atoms with Gasteiger partial charge in [0.1, 0.15) is 18.2 Å². The summed E-state index contributed by atoms with van der Waals surface area (Å²) < 4.78 is 27.7. The Balaban J connectivity index is 0.00000338. The normalized spacial score (nSPS) is 19.4. The van der Waals surface area contributed by atoms with Gasteiger partial charge in [-0.15, -0.1) is 24.0 Å². The van der Waals surface area contributed by atoms with Crippen LogP contribution in [0.3, 0.4) is 0 Å². The van der Waals surface area contributed by atoms with Gasteiger partial charge < -0.3 is 16.0 Å². The first-order valence-corrected chi connectivity index (χ1v) is 8.51. The summed E-state index contributed by atoms with van der Waals surface area (Å²) in [4.78, 5) is 16.1. The summed E-state index contributed by atoms with van der Waals surface area (Å²) in [7, 11) is 0. The lowest BCUT2D eigenvalue weighted by Crippen LogP contribution is -2.43. The molecule has 0 bridgehead atoms. The molecule has 1 aromatic carbocycles. The summed E-state index contributed by atoms with van der Waals surface area (Å²) in [5, 5.41) is 9.02. The average molecular weight is 480 g/mol. The van der Waals surface area contributed by atoms with Gasteiger partial charge in [-0.05, 0) is 46.2 Å². The maximum absolute atomic E-state index is 13.8. The Labute approximate surface area is 170 Å². The molecule has 5 nitrogen and oxygen atoms in total. The van der Waals surface area contributed by atoms with Crippen molar-refractivity contribution in [1.82, 2.24) is 16.0 Å². The first kappa shape index (κ1) is 22.6. The van der Waals surface area contributed by atoms with E-state index < -0.39 is 11.6 Å². The molecule has 1 aliphatic carbocycles. The van der Waals surface area contributed by atoms with Gasteiger partial charge in [-0.3, -0.25) is 4.79 Å². The maximum Gasteiger partial charge on any atom is 0.242 e. The number of halogens is 3. The van der Waals surface area contributed by atoms with Crippen LogP contribution in [-0.2, 0) is 4.79 Å². The van der Waals surface area contributed by atoms with Crippen molar-refractivity contribution in [3.05, 3.63) is 35.4 Å². The molecule has 2 atom stereocenters. The Morgan fingerprint density at radius 3 is 2.42 bits per heavy atom. The minimum Gasteiger partial charge on any atom is -0.357 e. The second-order valence-electron chi connectivity index (χ2n) is 7.22. The zero-order valence-electron chi connectivity index (χ0n) is 15.5. The van der Waals surface area contributed by atoms with Gasteiger partial charge in [-0.1, -0.05) is 6.07 Å². The Hall–Kier alpha value is -1.45. The lowest BCUT2D eigenvalue weighted by molar-refractivity contribution is -0.121. The Morgan fingerprint density at radius 1 is 1.27 bits per heavy atom. The predicted octanol–water partition coefficient (Wildman–Crippen LogP) is 2.91. The van der Waals surface area contributed by atoms with E-state index >= 15 is 0 Å². The lowest BCUT2D eigenvalue weighted by atomic mass is 10.1. The van der Waals surface area contributed by atoms with Gasteiger partial charge in [-0.25, -0.2) is 13.8 Å². The molecule has 0 heterocycles. The van der Waals surface area contributed by atoms with Gasteiger partial charge in [0.2, 0.25) is 5.91 Å². The SMILES string of the molecule is CCNC(=NCC(=O)NC(C)(C)C)NC1CC1c1c(F)cccc1F.I. The number of rotatable bonds is 5. The summed E-state index contributed by atoms with van der Waals surface area (Å²) >= 11 is 0. The largest absolute Gasteiger partial charge is 0.357 e. The Bertz CT molecular complexity index is 641. The van der Waals surface area contributed by atoms with Gasteiger partial charge in [0.05, 0.1) is 0 Å². The van der Waals surface area contributed by atoms with Crippen LogP contribution in [0.2, 0.25) is 0 Å². The summed E-state index contributed by atoms with van der Waals surface area (Å²) in [5.41, 5.74) is -0.205. The minimum atomic E-state index is -0.527. The third-order valence-corrected chi connectivity index (χ3v) is 3.72. The van der Waals surface area contributed by atoms with Crippen molar-refractivity contribution in [3.63, 3.8) is 0 Å². The third kappa shape index (κ3) is 6.69. The van der Waals surface area contributed by atoms with E-state index in [1.54, 1.807) is 0 Å². The molecule has 0 aliphatic heterocycles. The first-order chi connectivity index (χ1) is 11.7. The number of carbonyl (C=O) groups excluding carboxylic acids is 1. The van der Waals surface area contributed by atoms with Crippen LogP contribution in [0, 0.1) is 11.6 Å². The molecule has 2 unspecified atom stereocenters. The standard InChI is InChI=1S/C18H26F2N4O.HI/c1-5-21-17(22-10-15(25)24-18(2,3)4)23-14-9-11(14)16-12(19)7-6-8-13(16)20;/h6-8,11,14H,5,9-10H2,1-4H3,(H,24,25)(H2,21,22,23);1H. The van der Waals surface area contributed by atoms with Crippen LogP contribution in [0.4, 0.5) is 8.78 Å². The van der Waals surface area contributed by atoms with Crippen LogP contribution >= 0.6 is 24.0 Å². The molecular formula is C18H27F2IN4O. The summed E-state index contributed by atoms with van der Waals surface area (Å²) in [6, 6.07) is 3.79. The van der Waals surface area contributed by atoms with E-state index in [2.05, 4.69) is 20.9 Å². The number of carbonyl (C=O) groups is 1. The number of amides is 1. The molecular weight excluding hydrogens is 453 g/mol. The molecule has 146 valence electrons. The van der Waals surface area contributed by atoms with Crippen molar-refractivity contribution in [2.45, 2.75) is 51.6 Å². The highest BCUT2D eigenvalue weighted by Crippen LogP contribution is 2.42. The Morgan fingerprint density at radius 2 is 1.88 bits per heavy atom. The van der Waals surface area contributed by atoms with E-state index in [9.17, 15) is 13.6 Å². The van der Waals surface area contributed by atoms with Crippen molar-refractivity contribution in [2.75, 3.05) is 13.1 Å². The fraction of sp³-hybridized carbons (Fsp3) is 0.556. The molecule has 26 heavy (non-hydrogen) atoms. The molecule has 1 saturated carbocycles. The van der Waals surface area contributed by atoms with Crippen LogP contribution in [0.15, 0.2) is 23.2 Å². The number of nitrogens with zero attached hydrogens (tertiary/aromatic N) is 1. The van der Waals surface area contributed by atoms with Crippen LogP contribution in [0.25, 0.3) is 0 Å². The number of hydrogen-bond acceptors (Lipinski definition) is 2. The highest BCUT2D eigenvalue weighted by Gasteiger charge is 2.42. The number of hydrogen-bond donors (Lipinski definition) is 3. The molecule has 1 fully saturated rings. The first-order valence-electron chi connectivity index (χ1n) is 8.51. The highest BCUT2D eigenvalue weighted by molar-refractivity contribution is 14.0. The van der Waals surface area contributed by atoms with E-state index in [1.165, 1.54) is 18.2 Å². The van der Waals surface area contributed by atoms with Crippen molar-refractivity contribution in [1.29, 1.82) is 0 Å². The summed E-state index contributed by atoms with van der Waals surface area (Å²) in [5.74, 6) is -0.997. The second kappa shape index (κ2) is 9.48. The van der Waals surface area contributed by atoms with Gasteiger partial charge >= 0.3 is 0 Å². The monoisotopic (exact) mass is 480 g/mol. The number of guanidine groups is 1. The number of aliphatic imine (C=N–C) groups is 1. The van der Waals surface area contributed by atoms with E-state index in [4.69, 9.17) is 0 Å². The van der Waals surface area contributed by atoms with Crippen molar-refractivity contribution in [3.8, 4) is 0 Å². The lowest BCUT2D eigenvalue weighted by Gasteiger charge is -2.20. The molecule has 1 aromatic rings.